The van der Waals surface area contributed by atoms with E-state index < -0.39 is 5.41 Å². The fraction of sp³-hybridized carbons (Fsp3) is 0.0286. The molecule has 0 unspecified atom stereocenters. The number of ether oxygens (including phenoxy) is 1. The topological polar surface area (TPSA) is 9.23 Å². The molecule has 0 amide bonds. The van der Waals surface area contributed by atoms with Gasteiger partial charge in [-0.25, -0.2) is 0 Å². The lowest BCUT2D eigenvalue weighted by atomic mass is 9.67. The highest BCUT2D eigenvalue weighted by Crippen LogP contribution is 2.63. The van der Waals surface area contributed by atoms with Crippen molar-refractivity contribution in [2.45, 2.75) is 15.2 Å². The second-order valence-electron chi connectivity index (χ2n) is 9.77. The molecule has 2 aliphatic rings. The molecule has 0 aromatic heterocycles. The summed E-state index contributed by atoms with van der Waals surface area (Å²) in [4.78, 5) is 2.26. The molecule has 0 fully saturated rings. The third-order valence-electron chi connectivity index (χ3n) is 7.87. The van der Waals surface area contributed by atoms with E-state index in [1.54, 1.807) is 11.8 Å². The highest BCUT2D eigenvalue weighted by molar-refractivity contribution is 7.99. The van der Waals surface area contributed by atoms with Crippen LogP contribution in [0.3, 0.4) is 0 Å². The summed E-state index contributed by atoms with van der Waals surface area (Å²) in [6.45, 7) is 0. The van der Waals surface area contributed by atoms with E-state index in [-0.39, 0.29) is 0 Å². The van der Waals surface area contributed by atoms with Gasteiger partial charge in [0.05, 0.1) is 15.2 Å². The molecule has 0 atom stereocenters. The van der Waals surface area contributed by atoms with Gasteiger partial charge in [-0.3, -0.25) is 0 Å². The molecule has 0 bridgehead atoms. The molecule has 1 nitrogen and oxygen atoms in total. The predicted molar refractivity (Wildman–Crippen MR) is 157 cm³/mol. The highest BCUT2D eigenvalue weighted by atomic mass is 35.5. The number of para-hydroxylation sites is 1. The standard InChI is InChI=1S/C35H21ClOS/c36-28-21-27-32(25-16-8-7-15-24(25)28)33-26(19-20-31-34(33)37-29-17-9-10-18-30(29)38-31)35(27,22-11-3-1-4-12-22)23-13-5-2-6-14-23/h1-21H. The first kappa shape index (κ1) is 22.0. The Hall–Kier alpha value is -3.98. The van der Waals surface area contributed by atoms with Gasteiger partial charge >= 0.3 is 0 Å². The molecule has 0 radical (unpaired) electrons. The summed E-state index contributed by atoms with van der Waals surface area (Å²) in [5.74, 6) is 1.82. The van der Waals surface area contributed by atoms with Crippen molar-refractivity contribution < 1.29 is 4.74 Å². The van der Waals surface area contributed by atoms with Crippen LogP contribution in [0.5, 0.6) is 11.5 Å². The smallest absolute Gasteiger partial charge is 0.149 e. The molecule has 0 spiro atoms. The van der Waals surface area contributed by atoms with Crippen molar-refractivity contribution in [3.8, 4) is 22.6 Å². The van der Waals surface area contributed by atoms with Crippen LogP contribution in [0.1, 0.15) is 22.3 Å². The molecule has 1 aliphatic heterocycles. The van der Waals surface area contributed by atoms with Crippen molar-refractivity contribution in [2.24, 2.45) is 0 Å². The van der Waals surface area contributed by atoms with Crippen LogP contribution in [0.25, 0.3) is 21.9 Å². The average molecular weight is 525 g/mol. The average Bonchev–Trinajstić information content (AvgIpc) is 3.28. The summed E-state index contributed by atoms with van der Waals surface area (Å²) >= 11 is 8.83. The number of halogens is 1. The van der Waals surface area contributed by atoms with Crippen LogP contribution in [0.15, 0.2) is 137 Å². The Morgan fingerprint density at radius 2 is 1.18 bits per heavy atom. The number of benzene rings is 6. The quantitative estimate of drug-likeness (QED) is 0.222. The van der Waals surface area contributed by atoms with Crippen molar-refractivity contribution in [3.63, 3.8) is 0 Å². The van der Waals surface area contributed by atoms with Gasteiger partial charge in [-0.1, -0.05) is 126 Å². The predicted octanol–water partition coefficient (Wildman–Crippen LogP) is 10.1. The van der Waals surface area contributed by atoms with Crippen molar-refractivity contribution in [2.75, 3.05) is 0 Å². The van der Waals surface area contributed by atoms with E-state index >= 15 is 0 Å². The van der Waals surface area contributed by atoms with E-state index in [0.29, 0.717) is 0 Å². The Morgan fingerprint density at radius 1 is 0.553 bits per heavy atom. The Bertz CT molecular complexity index is 1840. The molecule has 0 N–H and O–H groups in total. The zero-order valence-electron chi connectivity index (χ0n) is 20.3. The molecule has 180 valence electrons. The molecule has 38 heavy (non-hydrogen) atoms. The lowest BCUT2D eigenvalue weighted by molar-refractivity contribution is 0.456. The van der Waals surface area contributed by atoms with E-state index in [2.05, 4.69) is 121 Å². The fourth-order valence-electron chi connectivity index (χ4n) is 6.36. The molecular weight excluding hydrogens is 504 g/mol. The zero-order valence-corrected chi connectivity index (χ0v) is 21.9. The van der Waals surface area contributed by atoms with Crippen LogP contribution >= 0.6 is 23.4 Å². The highest BCUT2D eigenvalue weighted by Gasteiger charge is 2.49. The molecule has 1 heterocycles. The molecule has 3 heteroatoms. The molecule has 6 aromatic carbocycles. The lowest BCUT2D eigenvalue weighted by Gasteiger charge is -2.34. The van der Waals surface area contributed by atoms with Gasteiger partial charge < -0.3 is 4.74 Å². The zero-order chi connectivity index (χ0) is 25.3. The Kier molecular flexibility index (Phi) is 4.79. The molecule has 8 rings (SSSR count). The maximum absolute atomic E-state index is 7.06. The maximum Gasteiger partial charge on any atom is 0.149 e. The summed E-state index contributed by atoms with van der Waals surface area (Å²) in [6.07, 6.45) is 0. The van der Waals surface area contributed by atoms with Gasteiger partial charge in [0.2, 0.25) is 0 Å². The van der Waals surface area contributed by atoms with Gasteiger partial charge in [-0.15, -0.1) is 0 Å². The van der Waals surface area contributed by atoms with E-state index in [1.165, 1.54) is 27.8 Å². The number of hydrogen-bond acceptors (Lipinski definition) is 2. The minimum absolute atomic E-state index is 0.541. The second kappa shape index (κ2) is 8.26. The van der Waals surface area contributed by atoms with Crippen molar-refractivity contribution in [1.29, 1.82) is 0 Å². The summed E-state index contributed by atoms with van der Waals surface area (Å²) < 4.78 is 6.77. The van der Waals surface area contributed by atoms with Crippen molar-refractivity contribution >= 4 is 34.1 Å². The first-order chi connectivity index (χ1) is 18.8. The van der Waals surface area contributed by atoms with E-state index in [4.69, 9.17) is 16.3 Å². The van der Waals surface area contributed by atoms with E-state index in [9.17, 15) is 0 Å². The first-order valence-corrected chi connectivity index (χ1v) is 13.9. The van der Waals surface area contributed by atoms with Gasteiger partial charge in [-0.2, -0.15) is 0 Å². The van der Waals surface area contributed by atoms with Crippen LogP contribution in [-0.2, 0) is 5.41 Å². The van der Waals surface area contributed by atoms with Crippen molar-refractivity contribution in [1.82, 2.24) is 0 Å². The van der Waals surface area contributed by atoms with E-state index in [0.717, 1.165) is 42.6 Å². The van der Waals surface area contributed by atoms with Crippen LogP contribution in [-0.4, -0.2) is 0 Å². The first-order valence-electron chi connectivity index (χ1n) is 12.7. The van der Waals surface area contributed by atoms with Gasteiger partial charge in [0.25, 0.3) is 0 Å². The SMILES string of the molecule is Clc1cc2c(c3ccccc13)-c1c(ccc3c1Oc1ccccc1S3)C2(c1ccccc1)c1ccccc1. The molecule has 6 aromatic rings. The van der Waals surface area contributed by atoms with Gasteiger partial charge in [-0.05, 0) is 57.5 Å². The molecule has 1 aliphatic carbocycles. The van der Waals surface area contributed by atoms with Crippen LogP contribution < -0.4 is 4.74 Å². The monoisotopic (exact) mass is 524 g/mol. The van der Waals surface area contributed by atoms with Gasteiger partial charge in [0.1, 0.15) is 11.5 Å². The largest absolute Gasteiger partial charge is 0.454 e. The van der Waals surface area contributed by atoms with Crippen LogP contribution in [0.4, 0.5) is 0 Å². The van der Waals surface area contributed by atoms with Gasteiger partial charge in [0.15, 0.2) is 0 Å². The minimum atomic E-state index is -0.541. The molecule has 0 saturated carbocycles. The lowest BCUT2D eigenvalue weighted by Crippen LogP contribution is -2.28. The number of fused-ring (bicyclic) bond motifs is 8. The second-order valence-corrected chi connectivity index (χ2v) is 11.3. The Labute approximate surface area is 230 Å². The fourth-order valence-corrected chi connectivity index (χ4v) is 7.60. The van der Waals surface area contributed by atoms with Crippen molar-refractivity contribution in [3.05, 3.63) is 155 Å². The van der Waals surface area contributed by atoms with Gasteiger partial charge in [0, 0.05) is 16.0 Å². The summed E-state index contributed by atoms with van der Waals surface area (Å²) in [5, 5.41) is 2.96. The van der Waals surface area contributed by atoms with E-state index in [1.807, 2.05) is 6.07 Å². The third-order valence-corrected chi connectivity index (χ3v) is 9.28. The third kappa shape index (κ3) is 2.90. The van der Waals surface area contributed by atoms with Crippen LogP contribution in [0, 0.1) is 0 Å². The number of hydrogen-bond donors (Lipinski definition) is 0. The maximum atomic E-state index is 7.06. The molecule has 0 saturated heterocycles. The Balaban J connectivity index is 1.57. The number of rotatable bonds is 2. The summed E-state index contributed by atoms with van der Waals surface area (Å²) in [5.41, 5.74) is 6.64. The normalized spacial score (nSPS) is 14.2. The Morgan fingerprint density at radius 3 is 1.92 bits per heavy atom. The summed E-state index contributed by atoms with van der Waals surface area (Å²) in [6, 6.07) is 45.1. The molecular formula is C35H21ClOS. The van der Waals surface area contributed by atoms with Crippen LogP contribution in [0.2, 0.25) is 5.02 Å². The summed E-state index contributed by atoms with van der Waals surface area (Å²) in [7, 11) is 0. The minimum Gasteiger partial charge on any atom is -0.454 e.